The van der Waals surface area contributed by atoms with Gasteiger partial charge in [-0.1, -0.05) is 70.3 Å². The van der Waals surface area contributed by atoms with Gasteiger partial charge in [0.2, 0.25) is 0 Å². The number of thioether (sulfide) groups is 1. The first-order valence-corrected chi connectivity index (χ1v) is 7.41. The second kappa shape index (κ2) is 5.22. The number of hydrogen-bond donors (Lipinski definition) is 0. The van der Waals surface area contributed by atoms with Gasteiger partial charge in [0.25, 0.3) is 0 Å². The van der Waals surface area contributed by atoms with E-state index in [1.165, 1.54) is 0 Å². The highest BCUT2D eigenvalue weighted by atomic mass is 35.5. The largest absolute Gasteiger partial charge is 0.140 e. The van der Waals surface area contributed by atoms with Crippen LogP contribution in [0.5, 0.6) is 0 Å². The molecular weight excluding hydrogens is 318 g/mol. The Kier molecular flexibility index (Phi) is 4.27. The van der Waals surface area contributed by atoms with Crippen LogP contribution in [0.25, 0.3) is 0 Å². The zero-order valence-corrected chi connectivity index (χ0v) is 12.6. The third kappa shape index (κ3) is 4.25. The maximum atomic E-state index is 5.98. The number of alkyl halides is 4. The van der Waals surface area contributed by atoms with Gasteiger partial charge in [-0.3, -0.25) is 0 Å². The average molecular weight is 328 g/mol. The smallest absolute Gasteiger partial charge is 0.0966 e. The highest BCUT2D eigenvalue weighted by Crippen LogP contribution is 2.40. The SMILES string of the molecule is ClC1(Cl)C=CC(SC2=CCC(Cl)(Cl)C=C2)=CC1. The van der Waals surface area contributed by atoms with Crippen LogP contribution in [0.1, 0.15) is 12.8 Å². The van der Waals surface area contributed by atoms with Gasteiger partial charge in [-0.05, 0) is 24.3 Å². The van der Waals surface area contributed by atoms with E-state index in [-0.39, 0.29) is 0 Å². The molecule has 2 aliphatic rings. The molecule has 0 nitrogen and oxygen atoms in total. The molecule has 0 atom stereocenters. The molecular formula is C12H10Cl4S. The Balaban J connectivity index is 1.97. The van der Waals surface area contributed by atoms with Gasteiger partial charge < -0.3 is 0 Å². The molecule has 0 bridgehead atoms. The summed E-state index contributed by atoms with van der Waals surface area (Å²) >= 11 is 25.6. The molecule has 0 radical (unpaired) electrons. The van der Waals surface area contributed by atoms with Gasteiger partial charge in [0, 0.05) is 22.7 Å². The van der Waals surface area contributed by atoms with Crippen LogP contribution in [0.2, 0.25) is 0 Å². The van der Waals surface area contributed by atoms with Crippen LogP contribution in [0.3, 0.4) is 0 Å². The first-order chi connectivity index (χ1) is 7.86. The van der Waals surface area contributed by atoms with Crippen LogP contribution in [0.15, 0.2) is 46.3 Å². The summed E-state index contributed by atoms with van der Waals surface area (Å²) in [6.07, 6.45) is 12.8. The molecule has 0 N–H and O–H groups in total. The van der Waals surface area contributed by atoms with Crippen molar-refractivity contribution >= 4 is 58.2 Å². The summed E-state index contributed by atoms with van der Waals surface area (Å²) in [5.41, 5.74) is 0. The lowest BCUT2D eigenvalue weighted by Crippen LogP contribution is -2.10. The van der Waals surface area contributed by atoms with Crippen molar-refractivity contribution in [1.29, 1.82) is 0 Å². The molecule has 0 aromatic rings. The van der Waals surface area contributed by atoms with Crippen molar-refractivity contribution in [2.75, 3.05) is 0 Å². The quantitative estimate of drug-likeness (QED) is 0.581. The highest BCUT2D eigenvalue weighted by Gasteiger charge is 2.24. The number of allylic oxidation sites excluding steroid dienone is 6. The van der Waals surface area contributed by atoms with Gasteiger partial charge in [-0.2, -0.15) is 0 Å². The Bertz CT molecular complexity index is 390. The van der Waals surface area contributed by atoms with Crippen molar-refractivity contribution in [3.63, 3.8) is 0 Å². The van der Waals surface area contributed by atoms with Crippen LogP contribution >= 0.6 is 58.2 Å². The van der Waals surface area contributed by atoms with E-state index in [4.69, 9.17) is 46.4 Å². The van der Waals surface area contributed by atoms with E-state index in [0.29, 0.717) is 12.8 Å². The zero-order chi connectivity index (χ0) is 12.5. The number of halogens is 4. The summed E-state index contributed by atoms with van der Waals surface area (Å²) in [4.78, 5) is 2.27. The van der Waals surface area contributed by atoms with Crippen molar-refractivity contribution in [1.82, 2.24) is 0 Å². The maximum Gasteiger partial charge on any atom is 0.140 e. The molecule has 5 heteroatoms. The van der Waals surface area contributed by atoms with Gasteiger partial charge in [0.15, 0.2) is 0 Å². The van der Waals surface area contributed by atoms with Crippen LogP contribution in [0, 0.1) is 0 Å². The van der Waals surface area contributed by atoms with Crippen LogP contribution in [-0.4, -0.2) is 8.67 Å². The van der Waals surface area contributed by atoms with Crippen LogP contribution in [0.4, 0.5) is 0 Å². The molecule has 0 heterocycles. The maximum absolute atomic E-state index is 5.98. The topological polar surface area (TPSA) is 0 Å². The third-order valence-electron chi connectivity index (χ3n) is 2.37. The van der Waals surface area contributed by atoms with E-state index in [1.54, 1.807) is 23.9 Å². The van der Waals surface area contributed by atoms with E-state index in [2.05, 4.69) is 0 Å². The average Bonchev–Trinajstić information content (AvgIpc) is 2.24. The molecule has 0 saturated heterocycles. The van der Waals surface area contributed by atoms with Crippen molar-refractivity contribution in [2.45, 2.75) is 21.5 Å². The standard InChI is InChI=1S/C12H10Cl4S/c13-11(14)5-1-9(2-6-11)17-10-3-7-12(15,16)8-4-10/h1-5,7H,6,8H2. The molecule has 0 aliphatic heterocycles. The summed E-state index contributed by atoms with van der Waals surface area (Å²) in [7, 11) is 0. The lowest BCUT2D eigenvalue weighted by Gasteiger charge is -2.20. The summed E-state index contributed by atoms with van der Waals surface area (Å²) in [5.74, 6) is 0. The predicted octanol–water partition coefficient (Wildman–Crippen LogP) is 5.76. The van der Waals surface area contributed by atoms with E-state index in [1.807, 2.05) is 24.3 Å². The fraction of sp³-hybridized carbons (Fsp3) is 0.333. The van der Waals surface area contributed by atoms with Gasteiger partial charge in [0.05, 0.1) is 0 Å². The van der Waals surface area contributed by atoms with Gasteiger partial charge in [-0.15, -0.1) is 0 Å². The summed E-state index contributed by atoms with van der Waals surface area (Å²) in [6, 6.07) is 0. The Morgan fingerprint density at radius 2 is 1.24 bits per heavy atom. The van der Waals surface area contributed by atoms with Crippen LogP contribution in [-0.2, 0) is 0 Å². The van der Waals surface area contributed by atoms with Crippen molar-refractivity contribution in [2.24, 2.45) is 0 Å². The van der Waals surface area contributed by atoms with E-state index in [9.17, 15) is 0 Å². The van der Waals surface area contributed by atoms with E-state index >= 15 is 0 Å². The number of rotatable bonds is 2. The Morgan fingerprint density at radius 1 is 0.824 bits per heavy atom. The minimum atomic E-state index is -0.762. The Labute approximate surface area is 125 Å². The molecule has 0 aromatic carbocycles. The van der Waals surface area contributed by atoms with E-state index < -0.39 is 8.67 Å². The van der Waals surface area contributed by atoms with Crippen molar-refractivity contribution in [3.05, 3.63) is 46.3 Å². The van der Waals surface area contributed by atoms with E-state index in [0.717, 1.165) is 9.81 Å². The second-order valence-corrected chi connectivity index (χ2v) is 8.14. The molecule has 0 aromatic heterocycles. The molecule has 2 aliphatic carbocycles. The van der Waals surface area contributed by atoms with Crippen molar-refractivity contribution < 1.29 is 0 Å². The predicted molar refractivity (Wildman–Crippen MR) is 80.1 cm³/mol. The molecule has 0 spiro atoms. The fourth-order valence-corrected chi connectivity index (χ4v) is 2.88. The van der Waals surface area contributed by atoms with Gasteiger partial charge >= 0.3 is 0 Å². The third-order valence-corrected chi connectivity index (χ3v) is 4.57. The van der Waals surface area contributed by atoms with Gasteiger partial charge in [0.1, 0.15) is 8.67 Å². The fourth-order valence-electron chi connectivity index (χ4n) is 1.44. The lowest BCUT2D eigenvalue weighted by molar-refractivity contribution is 0.956. The van der Waals surface area contributed by atoms with Crippen LogP contribution < -0.4 is 0 Å². The molecule has 0 saturated carbocycles. The summed E-state index contributed by atoms with van der Waals surface area (Å²) < 4.78 is -1.52. The molecule has 0 fully saturated rings. The normalized spacial score (nSPS) is 25.4. The molecule has 92 valence electrons. The molecule has 0 unspecified atom stereocenters. The Morgan fingerprint density at radius 3 is 1.53 bits per heavy atom. The minimum absolute atomic E-state index is 0.626. The number of hydrogen-bond acceptors (Lipinski definition) is 1. The molecule has 2 rings (SSSR count). The molecule has 17 heavy (non-hydrogen) atoms. The minimum Gasteiger partial charge on any atom is -0.0966 e. The summed E-state index contributed by atoms with van der Waals surface area (Å²) in [6.45, 7) is 0. The zero-order valence-electron chi connectivity index (χ0n) is 8.80. The first-order valence-electron chi connectivity index (χ1n) is 5.09. The van der Waals surface area contributed by atoms with Crippen molar-refractivity contribution in [3.8, 4) is 0 Å². The highest BCUT2D eigenvalue weighted by molar-refractivity contribution is 8.07. The Hall–Kier alpha value is 0.470. The summed E-state index contributed by atoms with van der Waals surface area (Å²) in [5, 5.41) is 0. The van der Waals surface area contributed by atoms with Gasteiger partial charge in [-0.25, -0.2) is 0 Å². The second-order valence-electron chi connectivity index (χ2n) is 3.91. The lowest BCUT2D eigenvalue weighted by atomic mass is 10.2. The molecule has 0 amide bonds. The monoisotopic (exact) mass is 326 g/mol. The first kappa shape index (κ1) is 13.9.